The van der Waals surface area contributed by atoms with E-state index in [2.05, 4.69) is 19.9 Å². The Bertz CT molecular complexity index is 1500. The molecule has 0 aliphatic rings. The fourth-order valence-corrected chi connectivity index (χ4v) is 4.12. The summed E-state index contributed by atoms with van der Waals surface area (Å²) in [6.07, 6.45) is 2.95. The van der Waals surface area contributed by atoms with Gasteiger partial charge in [0.05, 0.1) is 35.4 Å². The summed E-state index contributed by atoms with van der Waals surface area (Å²) >= 11 is 11.3. The molecule has 8 nitrogen and oxygen atoms in total. The first-order valence-corrected chi connectivity index (χ1v) is 10.2. The molecule has 0 saturated carbocycles. The maximum Gasteiger partial charge on any atom is 0.269 e. The molecule has 0 aliphatic heterocycles. The number of aromatic nitrogens is 6. The number of nitrogens with zero attached hydrogens (tertiary/aromatic N) is 5. The van der Waals surface area contributed by atoms with Crippen LogP contribution in [0.4, 0.5) is 0 Å². The molecule has 3 heterocycles. The molecule has 0 amide bonds. The zero-order valence-corrected chi connectivity index (χ0v) is 17.8. The number of hydrogen-bond acceptors (Lipinski definition) is 7. The normalized spacial score (nSPS) is 12.4. The number of rotatable bonds is 4. The Kier molecular flexibility index (Phi) is 4.84. The van der Waals surface area contributed by atoms with Crippen molar-refractivity contribution < 1.29 is 4.74 Å². The van der Waals surface area contributed by atoms with Gasteiger partial charge in [-0.2, -0.15) is 12.6 Å². The van der Waals surface area contributed by atoms with Crippen LogP contribution in [0.3, 0.4) is 0 Å². The standard InChI is InChI=1S/C21H15ClN6O2S/c1-30-14-8-4-6-12-15(14)21(29)28(13-7-3-2-5-11(13)22)20(27-12)18(31)16-17-19(25-9-23-16)26-10-24-17/h2-10,18,31H,1H3,(H,23,24,25,26). The summed E-state index contributed by atoms with van der Waals surface area (Å²) in [4.78, 5) is 34.3. The van der Waals surface area contributed by atoms with Crippen LogP contribution in [0.2, 0.25) is 5.02 Å². The van der Waals surface area contributed by atoms with Crippen LogP contribution < -0.4 is 10.3 Å². The van der Waals surface area contributed by atoms with E-state index in [0.29, 0.717) is 50.0 Å². The lowest BCUT2D eigenvalue weighted by Crippen LogP contribution is -2.26. The van der Waals surface area contributed by atoms with Gasteiger partial charge in [0, 0.05) is 0 Å². The van der Waals surface area contributed by atoms with Gasteiger partial charge in [0.2, 0.25) is 0 Å². The molecule has 31 heavy (non-hydrogen) atoms. The Balaban J connectivity index is 1.87. The summed E-state index contributed by atoms with van der Waals surface area (Å²) in [5.74, 6) is 0.778. The summed E-state index contributed by atoms with van der Waals surface area (Å²) in [7, 11) is 1.51. The zero-order valence-electron chi connectivity index (χ0n) is 16.2. The molecule has 10 heteroatoms. The zero-order chi connectivity index (χ0) is 21.5. The molecule has 0 fully saturated rings. The number of H-pyrrole nitrogens is 1. The van der Waals surface area contributed by atoms with E-state index >= 15 is 0 Å². The van der Waals surface area contributed by atoms with Crippen LogP contribution in [0.1, 0.15) is 16.8 Å². The van der Waals surface area contributed by atoms with Crippen LogP contribution in [0.5, 0.6) is 5.75 Å². The highest BCUT2D eigenvalue weighted by Crippen LogP contribution is 2.33. The summed E-state index contributed by atoms with van der Waals surface area (Å²) in [5, 5.41) is 0.0604. The van der Waals surface area contributed by atoms with Crippen molar-refractivity contribution in [2.75, 3.05) is 7.11 Å². The van der Waals surface area contributed by atoms with Crippen molar-refractivity contribution in [3.63, 3.8) is 0 Å². The van der Waals surface area contributed by atoms with Gasteiger partial charge in [-0.1, -0.05) is 29.8 Å². The number of hydrogen-bond donors (Lipinski definition) is 2. The first-order valence-electron chi connectivity index (χ1n) is 9.26. The van der Waals surface area contributed by atoms with Crippen LogP contribution in [0.25, 0.3) is 27.8 Å². The van der Waals surface area contributed by atoms with E-state index in [4.69, 9.17) is 34.0 Å². The van der Waals surface area contributed by atoms with Crippen molar-refractivity contribution in [3.8, 4) is 11.4 Å². The number of benzene rings is 2. The van der Waals surface area contributed by atoms with Crippen LogP contribution in [0.15, 0.2) is 59.9 Å². The highest BCUT2D eigenvalue weighted by Gasteiger charge is 2.25. The maximum atomic E-state index is 13.7. The number of aromatic amines is 1. The molecule has 1 N–H and O–H groups in total. The van der Waals surface area contributed by atoms with Crippen molar-refractivity contribution in [2.24, 2.45) is 0 Å². The molecular weight excluding hydrogens is 436 g/mol. The average Bonchev–Trinajstić information content (AvgIpc) is 3.28. The van der Waals surface area contributed by atoms with E-state index < -0.39 is 5.25 Å². The number of imidazole rings is 1. The van der Waals surface area contributed by atoms with Gasteiger partial charge in [0.1, 0.15) is 34.1 Å². The lowest BCUT2D eigenvalue weighted by molar-refractivity contribution is 0.419. The van der Waals surface area contributed by atoms with Gasteiger partial charge in [0.25, 0.3) is 5.56 Å². The monoisotopic (exact) mass is 450 g/mol. The summed E-state index contributed by atoms with van der Waals surface area (Å²) in [5.41, 5.74) is 2.28. The third-order valence-corrected chi connectivity index (χ3v) is 5.74. The van der Waals surface area contributed by atoms with Gasteiger partial charge in [-0.15, -0.1) is 0 Å². The number of para-hydroxylation sites is 1. The smallest absolute Gasteiger partial charge is 0.269 e. The molecular formula is C21H15ClN6O2S. The molecule has 5 aromatic rings. The molecule has 2 aromatic carbocycles. The number of methoxy groups -OCH3 is 1. The largest absolute Gasteiger partial charge is 0.496 e. The molecule has 1 unspecified atom stereocenters. The van der Waals surface area contributed by atoms with E-state index in [9.17, 15) is 4.79 Å². The van der Waals surface area contributed by atoms with E-state index in [1.165, 1.54) is 24.3 Å². The van der Waals surface area contributed by atoms with Crippen LogP contribution in [0, 0.1) is 0 Å². The third kappa shape index (κ3) is 3.13. The van der Waals surface area contributed by atoms with Crippen molar-refractivity contribution in [1.29, 1.82) is 0 Å². The number of halogens is 1. The molecule has 0 saturated heterocycles. The Morgan fingerprint density at radius 3 is 2.77 bits per heavy atom. The number of nitrogens with one attached hydrogen (secondary N) is 1. The Labute approximate surface area is 186 Å². The van der Waals surface area contributed by atoms with E-state index in [0.717, 1.165) is 0 Å². The molecule has 154 valence electrons. The third-order valence-electron chi connectivity index (χ3n) is 4.95. The van der Waals surface area contributed by atoms with Crippen LogP contribution in [-0.2, 0) is 0 Å². The molecule has 1 atom stereocenters. The lowest BCUT2D eigenvalue weighted by Gasteiger charge is -2.19. The summed E-state index contributed by atoms with van der Waals surface area (Å²) in [6, 6.07) is 12.3. The minimum absolute atomic E-state index is 0.322. The predicted octanol–water partition coefficient (Wildman–Crippen LogP) is 3.73. The minimum Gasteiger partial charge on any atom is -0.496 e. The van der Waals surface area contributed by atoms with Gasteiger partial charge in [0.15, 0.2) is 5.65 Å². The average molecular weight is 451 g/mol. The first kappa shape index (κ1) is 19.5. The lowest BCUT2D eigenvalue weighted by atomic mass is 10.1. The fourth-order valence-electron chi connectivity index (χ4n) is 3.54. The van der Waals surface area contributed by atoms with Crippen LogP contribution >= 0.6 is 24.2 Å². The second-order valence-electron chi connectivity index (χ2n) is 6.68. The van der Waals surface area contributed by atoms with Gasteiger partial charge in [-0.3, -0.25) is 9.36 Å². The highest BCUT2D eigenvalue weighted by atomic mass is 35.5. The Morgan fingerprint density at radius 2 is 1.97 bits per heavy atom. The number of ether oxygens (including phenoxy) is 1. The number of fused-ring (bicyclic) bond motifs is 2. The Morgan fingerprint density at radius 1 is 1.13 bits per heavy atom. The van der Waals surface area contributed by atoms with Crippen molar-refractivity contribution in [3.05, 3.63) is 82.0 Å². The highest BCUT2D eigenvalue weighted by molar-refractivity contribution is 7.80. The molecule has 0 spiro atoms. The Hall–Kier alpha value is -3.43. The van der Waals surface area contributed by atoms with Gasteiger partial charge in [-0.05, 0) is 24.3 Å². The predicted molar refractivity (Wildman–Crippen MR) is 121 cm³/mol. The molecule has 0 aliphatic carbocycles. The second-order valence-corrected chi connectivity index (χ2v) is 7.60. The van der Waals surface area contributed by atoms with Crippen molar-refractivity contribution in [1.82, 2.24) is 29.5 Å². The van der Waals surface area contributed by atoms with Crippen molar-refractivity contribution in [2.45, 2.75) is 5.25 Å². The maximum absolute atomic E-state index is 13.7. The van der Waals surface area contributed by atoms with E-state index in [-0.39, 0.29) is 5.56 Å². The van der Waals surface area contributed by atoms with Gasteiger partial charge >= 0.3 is 0 Å². The SMILES string of the molecule is COc1cccc2nc(C(S)c3ncnc4[nH]cnc34)n(-c3ccccc3Cl)c(=O)c12. The molecule has 0 radical (unpaired) electrons. The summed E-state index contributed by atoms with van der Waals surface area (Å²) in [6.45, 7) is 0. The number of thiol groups is 1. The molecule has 5 rings (SSSR count). The van der Waals surface area contributed by atoms with E-state index in [1.54, 1.807) is 42.5 Å². The van der Waals surface area contributed by atoms with Gasteiger partial charge in [-0.25, -0.2) is 19.9 Å². The quantitative estimate of drug-likeness (QED) is 0.405. The minimum atomic E-state index is -0.687. The fraction of sp³-hybridized carbons (Fsp3) is 0.0952. The second kappa shape index (κ2) is 7.68. The first-order chi connectivity index (χ1) is 15.1. The van der Waals surface area contributed by atoms with Gasteiger partial charge < -0.3 is 9.72 Å². The molecule has 3 aromatic heterocycles. The molecule has 0 bridgehead atoms. The topological polar surface area (TPSA) is 98.6 Å². The van der Waals surface area contributed by atoms with E-state index in [1.807, 2.05) is 0 Å². The van der Waals surface area contributed by atoms with Crippen molar-refractivity contribution >= 4 is 46.3 Å². The summed E-state index contributed by atoms with van der Waals surface area (Å²) < 4.78 is 6.87. The van der Waals surface area contributed by atoms with Crippen LogP contribution in [-0.4, -0.2) is 36.6 Å².